The zero-order valence-corrected chi connectivity index (χ0v) is 5.22. The lowest BCUT2D eigenvalue weighted by Gasteiger charge is -2.08. The molecule has 0 aliphatic carbocycles. The van der Waals surface area contributed by atoms with Gasteiger partial charge in [0.1, 0.15) is 12.3 Å². The molecule has 4 heteroatoms. The van der Waals surface area contributed by atoms with E-state index in [1.165, 1.54) is 0 Å². The summed E-state index contributed by atoms with van der Waals surface area (Å²) in [6.45, 7) is 0.650. The van der Waals surface area contributed by atoms with Gasteiger partial charge >= 0.3 is 0 Å². The number of rotatable bonds is 1. The summed E-state index contributed by atoms with van der Waals surface area (Å²) in [7, 11) is 1.58. The molecule has 0 amide bonds. The molecule has 2 N–H and O–H groups in total. The lowest BCUT2D eigenvalue weighted by Crippen LogP contribution is -2.33. The minimum Gasteiger partial charge on any atom is -0.364 e. The Morgan fingerprint density at radius 3 is 2.89 bits per heavy atom. The normalized spacial score (nSPS) is 34.2. The molecule has 1 heterocycles. The van der Waals surface area contributed by atoms with Gasteiger partial charge in [-0.15, -0.1) is 0 Å². The van der Waals surface area contributed by atoms with E-state index in [1.807, 2.05) is 0 Å². The number of ether oxygens (including phenoxy) is 1. The number of methoxy groups -OCH3 is 1. The molecule has 0 saturated carbocycles. The molecular formula is C5H9N3O. The standard InChI is InChI=1S/C5H9N3O/c1-9-5-4(2-6)7-3-8-5/h4-5,7-8H,3H2,1H3. The summed E-state index contributed by atoms with van der Waals surface area (Å²) in [5, 5.41) is 14.3. The van der Waals surface area contributed by atoms with Crippen LogP contribution >= 0.6 is 0 Å². The van der Waals surface area contributed by atoms with Gasteiger partial charge in [-0.05, 0) is 0 Å². The zero-order valence-electron chi connectivity index (χ0n) is 5.22. The monoisotopic (exact) mass is 127 g/mol. The molecule has 1 fully saturated rings. The molecule has 1 aliphatic rings. The number of nitriles is 1. The van der Waals surface area contributed by atoms with E-state index in [4.69, 9.17) is 10.00 Å². The Bertz CT molecular complexity index is 131. The highest BCUT2D eigenvalue weighted by molar-refractivity contribution is 4.98. The Balaban J connectivity index is 2.44. The topological polar surface area (TPSA) is 57.1 Å². The Kier molecular flexibility index (Phi) is 2.01. The maximum absolute atomic E-state index is 8.44. The van der Waals surface area contributed by atoms with Gasteiger partial charge in [-0.25, -0.2) is 0 Å². The smallest absolute Gasteiger partial charge is 0.137 e. The molecular weight excluding hydrogens is 118 g/mol. The largest absolute Gasteiger partial charge is 0.364 e. The van der Waals surface area contributed by atoms with Crippen molar-refractivity contribution in [3.63, 3.8) is 0 Å². The third kappa shape index (κ3) is 1.19. The van der Waals surface area contributed by atoms with Crippen molar-refractivity contribution < 1.29 is 4.74 Å². The lowest BCUT2D eigenvalue weighted by molar-refractivity contribution is 0.0872. The van der Waals surface area contributed by atoms with Crippen LogP contribution in [0.5, 0.6) is 0 Å². The number of hydrogen-bond donors (Lipinski definition) is 2. The minimum atomic E-state index is -0.199. The average Bonchev–Trinajstić information content (AvgIpc) is 2.33. The first kappa shape index (κ1) is 6.49. The fourth-order valence-corrected chi connectivity index (χ4v) is 0.827. The Morgan fingerprint density at radius 1 is 1.67 bits per heavy atom. The van der Waals surface area contributed by atoms with Crippen LogP contribution in [0.25, 0.3) is 0 Å². The van der Waals surface area contributed by atoms with Crippen LogP contribution in [0.15, 0.2) is 0 Å². The molecule has 9 heavy (non-hydrogen) atoms. The van der Waals surface area contributed by atoms with Crippen LogP contribution in [0.2, 0.25) is 0 Å². The zero-order chi connectivity index (χ0) is 6.69. The molecule has 0 aromatic rings. The summed E-state index contributed by atoms with van der Waals surface area (Å²) in [4.78, 5) is 0. The van der Waals surface area contributed by atoms with Crippen molar-refractivity contribution in [2.45, 2.75) is 12.3 Å². The first-order chi connectivity index (χ1) is 4.38. The van der Waals surface area contributed by atoms with Gasteiger partial charge in [0.15, 0.2) is 0 Å². The first-order valence-corrected chi connectivity index (χ1v) is 2.77. The van der Waals surface area contributed by atoms with Gasteiger partial charge in [-0.2, -0.15) is 5.26 Å². The number of nitrogens with zero attached hydrogens (tertiary/aromatic N) is 1. The van der Waals surface area contributed by atoms with Crippen LogP contribution in [0, 0.1) is 11.3 Å². The van der Waals surface area contributed by atoms with E-state index < -0.39 is 0 Å². The fourth-order valence-electron chi connectivity index (χ4n) is 0.827. The molecule has 2 atom stereocenters. The van der Waals surface area contributed by atoms with Gasteiger partial charge < -0.3 is 4.74 Å². The molecule has 1 aliphatic heterocycles. The second kappa shape index (κ2) is 2.78. The van der Waals surface area contributed by atoms with E-state index in [2.05, 4.69) is 16.7 Å². The van der Waals surface area contributed by atoms with Crippen molar-refractivity contribution in [3.05, 3.63) is 0 Å². The van der Waals surface area contributed by atoms with Gasteiger partial charge in [-0.1, -0.05) is 0 Å². The fraction of sp³-hybridized carbons (Fsp3) is 0.800. The molecule has 1 saturated heterocycles. The summed E-state index contributed by atoms with van der Waals surface area (Å²) >= 11 is 0. The van der Waals surface area contributed by atoms with Crippen molar-refractivity contribution in [1.29, 1.82) is 5.26 Å². The number of hydrogen-bond acceptors (Lipinski definition) is 4. The highest BCUT2D eigenvalue weighted by atomic mass is 16.5. The lowest BCUT2D eigenvalue weighted by atomic mass is 10.3. The SMILES string of the molecule is COC1NCNC1C#N. The predicted molar refractivity (Wildman–Crippen MR) is 31.3 cm³/mol. The van der Waals surface area contributed by atoms with E-state index in [-0.39, 0.29) is 12.3 Å². The summed E-state index contributed by atoms with van der Waals surface area (Å²) in [5.41, 5.74) is 0. The molecule has 0 radical (unpaired) electrons. The molecule has 4 nitrogen and oxygen atoms in total. The van der Waals surface area contributed by atoms with Crippen LogP contribution < -0.4 is 10.6 Å². The Labute approximate surface area is 53.8 Å². The molecule has 0 spiro atoms. The summed E-state index contributed by atoms with van der Waals surface area (Å²) in [6, 6.07) is 1.87. The van der Waals surface area contributed by atoms with Crippen molar-refractivity contribution in [2.75, 3.05) is 13.8 Å². The molecule has 0 aromatic heterocycles. The molecule has 1 rings (SSSR count). The third-order valence-electron chi connectivity index (χ3n) is 1.32. The van der Waals surface area contributed by atoms with E-state index in [0.29, 0.717) is 6.67 Å². The van der Waals surface area contributed by atoms with Crippen LogP contribution in [0.4, 0.5) is 0 Å². The molecule has 0 bridgehead atoms. The maximum Gasteiger partial charge on any atom is 0.137 e. The second-order valence-corrected chi connectivity index (χ2v) is 1.85. The number of nitrogens with one attached hydrogen (secondary N) is 2. The minimum absolute atomic E-state index is 0.144. The highest BCUT2D eigenvalue weighted by Gasteiger charge is 2.24. The first-order valence-electron chi connectivity index (χ1n) is 2.77. The highest BCUT2D eigenvalue weighted by Crippen LogP contribution is 1.97. The average molecular weight is 127 g/mol. The summed E-state index contributed by atoms with van der Waals surface area (Å²) in [6.07, 6.45) is -0.144. The van der Waals surface area contributed by atoms with E-state index >= 15 is 0 Å². The van der Waals surface area contributed by atoms with Crippen LogP contribution in [-0.4, -0.2) is 26.0 Å². The van der Waals surface area contributed by atoms with E-state index in [0.717, 1.165) is 0 Å². The maximum atomic E-state index is 8.44. The van der Waals surface area contributed by atoms with Gasteiger partial charge in [0, 0.05) is 13.8 Å². The summed E-state index contributed by atoms with van der Waals surface area (Å²) in [5.74, 6) is 0. The molecule has 50 valence electrons. The van der Waals surface area contributed by atoms with Crippen molar-refractivity contribution in [1.82, 2.24) is 10.6 Å². The Hall–Kier alpha value is -0.630. The van der Waals surface area contributed by atoms with Crippen molar-refractivity contribution in [2.24, 2.45) is 0 Å². The van der Waals surface area contributed by atoms with E-state index in [9.17, 15) is 0 Å². The van der Waals surface area contributed by atoms with Crippen molar-refractivity contribution in [3.8, 4) is 6.07 Å². The Morgan fingerprint density at radius 2 is 2.44 bits per heavy atom. The second-order valence-electron chi connectivity index (χ2n) is 1.85. The van der Waals surface area contributed by atoms with Gasteiger partial charge in [0.25, 0.3) is 0 Å². The van der Waals surface area contributed by atoms with Crippen LogP contribution in [-0.2, 0) is 4.74 Å². The van der Waals surface area contributed by atoms with E-state index in [1.54, 1.807) is 7.11 Å². The van der Waals surface area contributed by atoms with Crippen LogP contribution in [0.3, 0.4) is 0 Å². The van der Waals surface area contributed by atoms with Gasteiger partial charge in [0.05, 0.1) is 6.07 Å². The van der Waals surface area contributed by atoms with Gasteiger partial charge in [0.2, 0.25) is 0 Å². The molecule has 0 aromatic carbocycles. The quantitative estimate of drug-likeness (QED) is 0.474. The van der Waals surface area contributed by atoms with Crippen molar-refractivity contribution >= 4 is 0 Å². The predicted octanol–water partition coefficient (Wildman–Crippen LogP) is -0.999. The van der Waals surface area contributed by atoms with Crippen LogP contribution in [0.1, 0.15) is 0 Å². The molecule has 2 unspecified atom stereocenters. The summed E-state index contributed by atoms with van der Waals surface area (Å²) < 4.78 is 4.92. The third-order valence-corrected chi connectivity index (χ3v) is 1.32. The van der Waals surface area contributed by atoms with Gasteiger partial charge in [-0.3, -0.25) is 10.6 Å².